The smallest absolute Gasteiger partial charge is 0.407 e. The van der Waals surface area contributed by atoms with Gasteiger partial charge in [-0.25, -0.2) is 9.59 Å². The molecule has 0 aromatic carbocycles. The first kappa shape index (κ1) is 37.6. The van der Waals surface area contributed by atoms with Crippen LogP contribution in [0.25, 0.3) is 10.4 Å². The molecule has 13 nitrogen and oxygen atoms in total. The van der Waals surface area contributed by atoms with E-state index in [1.807, 2.05) is 20.8 Å². The van der Waals surface area contributed by atoms with E-state index in [2.05, 4.69) is 27.6 Å². The number of nitrogens with zero attached hydrogens (tertiary/aromatic N) is 3. The Labute approximate surface area is 239 Å². The lowest BCUT2D eigenvalue weighted by molar-refractivity contribution is 0.0397. The van der Waals surface area contributed by atoms with E-state index >= 15 is 0 Å². The third kappa shape index (κ3) is 39.1. The summed E-state index contributed by atoms with van der Waals surface area (Å²) in [4.78, 5) is 25.1. The van der Waals surface area contributed by atoms with E-state index < -0.39 is 23.4 Å². The molecular formula is C23H48IN5O8. The Bertz CT molecular complexity index is 616. The summed E-state index contributed by atoms with van der Waals surface area (Å²) in [7, 11) is 0. The van der Waals surface area contributed by atoms with Crippen molar-refractivity contribution in [3.8, 4) is 0 Å². The van der Waals surface area contributed by atoms with E-state index in [1.165, 1.54) is 23.8 Å². The molecular weight excluding hydrogens is 601 g/mol. The van der Waals surface area contributed by atoms with Crippen molar-refractivity contribution in [3.63, 3.8) is 0 Å². The van der Waals surface area contributed by atoms with Crippen LogP contribution in [-0.4, -0.2) is 96.5 Å². The van der Waals surface area contributed by atoms with Gasteiger partial charge in [-0.05, 0) is 53.5 Å². The van der Waals surface area contributed by atoms with Crippen LogP contribution in [0.5, 0.6) is 0 Å². The van der Waals surface area contributed by atoms with Crippen molar-refractivity contribution in [1.29, 1.82) is 0.594 Å². The highest BCUT2D eigenvalue weighted by Crippen LogP contribution is 2.06. The number of rotatable bonds is 17. The molecule has 0 unspecified atom stereocenters. The van der Waals surface area contributed by atoms with Crippen molar-refractivity contribution >= 4 is 36.0 Å². The standard InChI is InChI=1S/C12H25NO4.C11H22N4O4.HI/c1-5-7-15-9-10-16-8-6-13-11(14)17-12(2,3)4;1-11(2,3)19-10(16)13-4-6-17-8-9-18-7-5-14-15-12;/h5-10H2,1-4H3,(H,13,14);4-9H2,1-3H3,(H,13,16);1H/i/hD. The van der Waals surface area contributed by atoms with E-state index in [-0.39, 0.29) is 0 Å². The van der Waals surface area contributed by atoms with Crippen LogP contribution in [0.1, 0.15) is 54.9 Å². The molecule has 0 aliphatic carbocycles. The Hall–Kier alpha value is -1.58. The molecule has 0 rings (SSSR count). The second-order valence-corrected chi connectivity index (χ2v) is 9.26. The average molecular weight is 651 g/mol. The van der Waals surface area contributed by atoms with E-state index in [0.29, 0.717) is 65.9 Å². The number of ether oxygens (including phenoxy) is 6. The third-order valence-corrected chi connectivity index (χ3v) is 3.32. The number of carbonyl (C=O) groups is 2. The van der Waals surface area contributed by atoms with Crippen LogP contribution in [0.3, 0.4) is 0 Å². The molecule has 2 N–H and O–H groups in total. The van der Waals surface area contributed by atoms with Crippen LogP contribution < -0.4 is 10.6 Å². The number of hydrogen-bond acceptors (Lipinski definition) is 9. The zero-order chi connectivity index (χ0) is 29.7. The van der Waals surface area contributed by atoms with E-state index in [9.17, 15) is 9.59 Å². The van der Waals surface area contributed by atoms with Gasteiger partial charge in [0.2, 0.25) is 0 Å². The molecule has 0 atom stereocenters. The van der Waals surface area contributed by atoms with Gasteiger partial charge >= 0.3 is 12.2 Å². The lowest BCUT2D eigenvalue weighted by Gasteiger charge is -2.19. The van der Waals surface area contributed by atoms with Crippen LogP contribution in [0.2, 0.25) is 0 Å². The Kier molecular flexibility index (Phi) is 26.4. The van der Waals surface area contributed by atoms with Crippen molar-refractivity contribution in [2.75, 3.05) is 72.5 Å². The fraction of sp³-hybridized carbons (Fsp3) is 0.913. The molecule has 37 heavy (non-hydrogen) atoms. The highest BCUT2D eigenvalue weighted by Gasteiger charge is 2.16. The number of amides is 2. The number of carbonyl (C=O) groups excluding carboxylic acids is 2. The number of azide groups is 1. The number of nitrogens with one attached hydrogen (secondary N) is 2. The lowest BCUT2D eigenvalue weighted by atomic mass is 10.2. The molecule has 0 aliphatic heterocycles. The molecule has 0 heterocycles. The highest BCUT2D eigenvalue weighted by molar-refractivity contribution is 14.0. The van der Waals surface area contributed by atoms with Crippen LogP contribution in [0.4, 0.5) is 9.59 Å². The Balaban J connectivity index is -0.000000608. The second-order valence-electron chi connectivity index (χ2n) is 9.26. The van der Waals surface area contributed by atoms with Gasteiger partial charge in [0.15, 0.2) is 0 Å². The zero-order valence-electron chi connectivity index (χ0n) is 24.5. The molecule has 0 saturated carbocycles. The van der Waals surface area contributed by atoms with Gasteiger partial charge in [-0.3, -0.25) is 0 Å². The quantitative estimate of drug-likeness (QED) is 0.0769. The Morgan fingerprint density at radius 2 is 1.14 bits per heavy atom. The predicted molar refractivity (Wildman–Crippen MR) is 151 cm³/mol. The molecule has 0 aromatic heterocycles. The zero-order valence-corrected chi connectivity index (χ0v) is 25.6. The monoisotopic (exact) mass is 650 g/mol. The molecule has 0 saturated heterocycles. The first-order valence-electron chi connectivity index (χ1n) is 12.5. The van der Waals surface area contributed by atoms with Gasteiger partial charge in [0.1, 0.15) is 11.8 Å². The molecule has 2 amide bonds. The third-order valence-electron chi connectivity index (χ3n) is 3.32. The molecule has 0 fully saturated rings. The summed E-state index contributed by atoms with van der Waals surface area (Å²) in [5.41, 5.74) is 7.06. The SMILES string of the molecule is CC(C)(C)OC(=O)NCCOCCOCCN=[N+]=[N-].CCCOCCOCCNC(=O)OC(C)(C)C.[2H]I. The summed E-state index contributed by atoms with van der Waals surface area (Å²) in [6.45, 7) is 18.1. The average Bonchev–Trinajstić information content (AvgIpc) is 2.81. The summed E-state index contributed by atoms with van der Waals surface area (Å²) in [5.74, 6) is 0. The van der Waals surface area contributed by atoms with Gasteiger partial charge < -0.3 is 39.1 Å². The number of hydrogen-bond donors (Lipinski definition) is 2. The Morgan fingerprint density at radius 3 is 1.49 bits per heavy atom. The van der Waals surface area contributed by atoms with Gasteiger partial charge in [0.25, 0.3) is 0 Å². The molecule has 14 heteroatoms. The van der Waals surface area contributed by atoms with Crippen molar-refractivity contribution < 1.29 is 38.0 Å². The maximum Gasteiger partial charge on any atom is 0.407 e. The second kappa shape index (κ2) is 26.0. The topological polar surface area (TPSA) is 162 Å². The summed E-state index contributed by atoms with van der Waals surface area (Å²) in [5, 5.41) is 8.51. The summed E-state index contributed by atoms with van der Waals surface area (Å²) >= 11 is 1.40. The van der Waals surface area contributed by atoms with Gasteiger partial charge in [-0.2, -0.15) is 0 Å². The van der Waals surface area contributed by atoms with Crippen LogP contribution in [0, 0.1) is 0 Å². The maximum atomic E-state index is 11.2. The fourth-order valence-electron chi connectivity index (χ4n) is 2.02. The van der Waals surface area contributed by atoms with E-state index in [0.717, 1.165) is 13.0 Å². The van der Waals surface area contributed by atoms with Crippen LogP contribution >= 0.6 is 23.8 Å². The normalized spacial score (nSPS) is 10.9. The van der Waals surface area contributed by atoms with Crippen molar-refractivity contribution in [1.82, 2.24) is 10.6 Å². The maximum absolute atomic E-state index is 11.2. The van der Waals surface area contributed by atoms with Crippen molar-refractivity contribution in [2.24, 2.45) is 5.11 Å². The fourth-order valence-corrected chi connectivity index (χ4v) is 2.02. The first-order chi connectivity index (χ1) is 17.9. The molecule has 0 spiro atoms. The molecule has 0 aliphatic rings. The molecule has 220 valence electrons. The highest BCUT2D eigenvalue weighted by atomic mass is 127. The molecule has 0 aromatic rings. The minimum Gasteiger partial charge on any atom is -0.444 e. The summed E-state index contributed by atoms with van der Waals surface area (Å²) in [6.07, 6.45) is 0.144. The number of alkyl carbamates (subject to hydrolysis) is 2. The lowest BCUT2D eigenvalue weighted by Crippen LogP contribution is -2.34. The summed E-state index contributed by atoms with van der Waals surface area (Å²) in [6, 6.07) is 0. The predicted octanol–water partition coefficient (Wildman–Crippen LogP) is 4.43. The molecule has 0 radical (unpaired) electrons. The van der Waals surface area contributed by atoms with Gasteiger partial charge in [0.05, 0.1) is 46.2 Å². The van der Waals surface area contributed by atoms with Crippen molar-refractivity contribution in [3.05, 3.63) is 10.4 Å². The van der Waals surface area contributed by atoms with Gasteiger partial charge in [-0.1, -0.05) is 12.0 Å². The van der Waals surface area contributed by atoms with Gasteiger partial charge in [-0.15, -0.1) is 23.8 Å². The van der Waals surface area contributed by atoms with E-state index in [4.69, 9.17) is 34.5 Å². The van der Waals surface area contributed by atoms with E-state index in [1.54, 1.807) is 20.8 Å². The van der Waals surface area contributed by atoms with Gasteiger partial charge in [0, 0.05) is 31.2 Å². The number of halogens is 1. The minimum atomic E-state index is -0.495. The minimum absolute atomic E-state index is 0.316. The largest absolute Gasteiger partial charge is 0.444 e. The van der Waals surface area contributed by atoms with Crippen molar-refractivity contribution in [2.45, 2.75) is 66.1 Å². The van der Waals surface area contributed by atoms with Crippen LogP contribution in [0.15, 0.2) is 5.11 Å². The van der Waals surface area contributed by atoms with Crippen LogP contribution in [-0.2, 0) is 28.4 Å². The molecule has 0 bridgehead atoms. The Morgan fingerprint density at radius 1 is 0.757 bits per heavy atom. The summed E-state index contributed by atoms with van der Waals surface area (Å²) < 4.78 is 36.7. The first-order valence-corrected chi connectivity index (χ1v) is 12.2.